The van der Waals surface area contributed by atoms with Crippen molar-refractivity contribution in [1.29, 1.82) is 0 Å². The monoisotopic (exact) mass is 232 g/mol. The Bertz CT molecular complexity index is 396. The van der Waals surface area contributed by atoms with Gasteiger partial charge in [0.1, 0.15) is 5.60 Å². The Morgan fingerprint density at radius 2 is 2.06 bits per heavy atom. The van der Waals surface area contributed by atoms with Crippen molar-refractivity contribution in [3.8, 4) is 0 Å². The number of thioether (sulfide) groups is 1. The van der Waals surface area contributed by atoms with Gasteiger partial charge in [0.05, 0.1) is 0 Å². The van der Waals surface area contributed by atoms with E-state index in [1.165, 1.54) is 9.80 Å². The van der Waals surface area contributed by atoms with Gasteiger partial charge in [0.15, 0.2) is 0 Å². The smallest absolute Gasteiger partial charge is 0.102 e. The predicted molar refractivity (Wildman–Crippen MR) is 69.4 cm³/mol. The van der Waals surface area contributed by atoms with Gasteiger partial charge >= 0.3 is 0 Å². The summed E-state index contributed by atoms with van der Waals surface area (Å²) in [7, 11) is 0. The van der Waals surface area contributed by atoms with Crippen LogP contribution in [0.25, 0.3) is 0 Å². The quantitative estimate of drug-likeness (QED) is 0.801. The zero-order chi connectivity index (χ0) is 11.4. The van der Waals surface area contributed by atoms with Crippen LogP contribution in [-0.2, 0) is 0 Å². The average molecular weight is 232 g/mol. The van der Waals surface area contributed by atoms with Crippen LogP contribution in [0.5, 0.6) is 0 Å². The molecule has 16 heavy (non-hydrogen) atoms. The van der Waals surface area contributed by atoms with Gasteiger partial charge in [-0.1, -0.05) is 42.6 Å². The summed E-state index contributed by atoms with van der Waals surface area (Å²) in [6.45, 7) is 3.69. The van der Waals surface area contributed by atoms with Crippen LogP contribution in [0.15, 0.2) is 58.9 Å². The Kier molecular flexibility index (Phi) is 3.52. The maximum atomic E-state index is 10.1. The van der Waals surface area contributed by atoms with Crippen LogP contribution in [0.2, 0.25) is 0 Å². The molecule has 84 valence electrons. The molecule has 0 aliphatic heterocycles. The molecule has 0 radical (unpaired) electrons. The molecule has 0 amide bonds. The molecule has 0 aromatic heterocycles. The lowest BCUT2D eigenvalue weighted by molar-refractivity contribution is 0.125. The second-order valence-electron chi connectivity index (χ2n) is 4.07. The second kappa shape index (κ2) is 4.89. The Morgan fingerprint density at radius 1 is 1.31 bits per heavy atom. The highest BCUT2D eigenvalue weighted by Gasteiger charge is 2.24. The molecule has 0 saturated carbocycles. The van der Waals surface area contributed by atoms with Gasteiger partial charge in [-0.3, -0.25) is 0 Å². The molecular weight excluding hydrogens is 216 g/mol. The van der Waals surface area contributed by atoms with Gasteiger partial charge in [-0.05, 0) is 42.4 Å². The maximum Gasteiger partial charge on any atom is 0.102 e. The largest absolute Gasteiger partial charge is 0.382 e. The third kappa shape index (κ3) is 2.77. The van der Waals surface area contributed by atoms with E-state index in [1.807, 2.05) is 24.3 Å². The van der Waals surface area contributed by atoms with E-state index in [-0.39, 0.29) is 0 Å². The number of hydrogen-bond donors (Lipinski definition) is 1. The number of hydrogen-bond acceptors (Lipinski definition) is 2. The minimum absolute atomic E-state index is 0.787. The molecule has 1 nitrogen and oxygen atoms in total. The lowest BCUT2D eigenvalue weighted by atomic mass is 9.91. The van der Waals surface area contributed by atoms with E-state index in [2.05, 4.69) is 18.7 Å². The van der Waals surface area contributed by atoms with E-state index in [1.54, 1.807) is 17.8 Å². The number of aliphatic hydroxyl groups is 1. The molecule has 1 aliphatic rings. The number of benzene rings is 1. The zero-order valence-corrected chi connectivity index (χ0v) is 10.0. The molecule has 1 N–H and O–H groups in total. The Morgan fingerprint density at radius 3 is 2.75 bits per heavy atom. The topological polar surface area (TPSA) is 20.2 Å². The van der Waals surface area contributed by atoms with E-state index in [0.717, 1.165) is 19.3 Å². The molecule has 1 atom stereocenters. The molecule has 1 aliphatic carbocycles. The molecular formula is C14H16OS. The Balaban J connectivity index is 2.13. The summed E-state index contributed by atoms with van der Waals surface area (Å²) in [5.74, 6) is 0. The predicted octanol–water partition coefficient (Wildman–Crippen LogP) is 3.76. The van der Waals surface area contributed by atoms with Crippen molar-refractivity contribution in [2.24, 2.45) is 0 Å². The first kappa shape index (κ1) is 11.5. The first-order valence-electron chi connectivity index (χ1n) is 5.52. The standard InChI is InChI=1S/C14H16OS/c1-2-14(15)10-6-9-13(11-14)16-12-7-4-3-5-8-12/h2-5,7-8,11,15H,1,6,9-10H2. The minimum atomic E-state index is -0.796. The lowest BCUT2D eigenvalue weighted by Crippen LogP contribution is -2.25. The molecule has 0 saturated heterocycles. The van der Waals surface area contributed by atoms with Gasteiger partial charge < -0.3 is 5.11 Å². The SMILES string of the molecule is C=CC1(O)C=C(Sc2ccccc2)CCC1. The Hall–Kier alpha value is -0.990. The van der Waals surface area contributed by atoms with Gasteiger partial charge in [-0.25, -0.2) is 0 Å². The van der Waals surface area contributed by atoms with Crippen molar-refractivity contribution in [3.05, 3.63) is 54.0 Å². The minimum Gasteiger partial charge on any atom is -0.382 e. The van der Waals surface area contributed by atoms with Crippen molar-refractivity contribution in [1.82, 2.24) is 0 Å². The van der Waals surface area contributed by atoms with Crippen molar-refractivity contribution < 1.29 is 5.11 Å². The van der Waals surface area contributed by atoms with Crippen molar-refractivity contribution in [2.45, 2.75) is 29.8 Å². The van der Waals surface area contributed by atoms with Crippen molar-refractivity contribution in [3.63, 3.8) is 0 Å². The first-order chi connectivity index (χ1) is 7.72. The molecule has 0 spiro atoms. The van der Waals surface area contributed by atoms with Gasteiger partial charge in [-0.15, -0.1) is 0 Å². The second-order valence-corrected chi connectivity index (χ2v) is 5.27. The summed E-state index contributed by atoms with van der Waals surface area (Å²) in [4.78, 5) is 2.46. The molecule has 1 unspecified atom stereocenters. The van der Waals surface area contributed by atoms with Gasteiger partial charge in [0.25, 0.3) is 0 Å². The zero-order valence-electron chi connectivity index (χ0n) is 9.23. The third-order valence-electron chi connectivity index (χ3n) is 2.76. The van der Waals surface area contributed by atoms with Crippen molar-refractivity contribution >= 4 is 11.8 Å². The van der Waals surface area contributed by atoms with Gasteiger partial charge in [0, 0.05) is 4.90 Å². The summed E-state index contributed by atoms with van der Waals surface area (Å²) in [6.07, 6.45) is 6.44. The van der Waals surface area contributed by atoms with Gasteiger partial charge in [0.2, 0.25) is 0 Å². The summed E-state index contributed by atoms with van der Waals surface area (Å²) in [6, 6.07) is 10.3. The van der Waals surface area contributed by atoms with Crippen LogP contribution >= 0.6 is 11.8 Å². The van der Waals surface area contributed by atoms with Crippen LogP contribution in [-0.4, -0.2) is 10.7 Å². The molecule has 1 aromatic carbocycles. The third-order valence-corrected chi connectivity index (χ3v) is 3.85. The maximum absolute atomic E-state index is 10.1. The Labute approximate surface area is 101 Å². The highest BCUT2D eigenvalue weighted by atomic mass is 32.2. The van der Waals surface area contributed by atoms with E-state index < -0.39 is 5.60 Å². The van der Waals surface area contributed by atoms with Crippen LogP contribution in [0.1, 0.15) is 19.3 Å². The average Bonchev–Trinajstić information content (AvgIpc) is 2.30. The van der Waals surface area contributed by atoms with Crippen LogP contribution < -0.4 is 0 Å². The van der Waals surface area contributed by atoms with Gasteiger partial charge in [-0.2, -0.15) is 0 Å². The highest BCUT2D eigenvalue weighted by molar-refractivity contribution is 8.03. The molecule has 1 aromatic rings. The molecule has 0 bridgehead atoms. The van der Waals surface area contributed by atoms with E-state index in [4.69, 9.17) is 0 Å². The molecule has 2 rings (SSSR count). The number of rotatable bonds is 3. The fourth-order valence-corrected chi connectivity index (χ4v) is 2.96. The number of allylic oxidation sites excluding steroid dienone is 1. The molecule has 0 heterocycles. The first-order valence-corrected chi connectivity index (χ1v) is 6.34. The summed E-state index contributed by atoms with van der Waals surface area (Å²) >= 11 is 1.74. The van der Waals surface area contributed by atoms with E-state index in [9.17, 15) is 5.11 Å². The molecule has 2 heteroatoms. The van der Waals surface area contributed by atoms with Crippen LogP contribution in [0, 0.1) is 0 Å². The lowest BCUT2D eigenvalue weighted by Gasteiger charge is -2.26. The highest BCUT2D eigenvalue weighted by Crippen LogP contribution is 2.37. The van der Waals surface area contributed by atoms with Crippen LogP contribution in [0.3, 0.4) is 0 Å². The van der Waals surface area contributed by atoms with Crippen LogP contribution in [0.4, 0.5) is 0 Å². The van der Waals surface area contributed by atoms with E-state index in [0.29, 0.717) is 0 Å². The van der Waals surface area contributed by atoms with Crippen molar-refractivity contribution in [2.75, 3.05) is 0 Å². The normalized spacial score (nSPS) is 24.9. The fourth-order valence-electron chi connectivity index (χ4n) is 1.85. The summed E-state index contributed by atoms with van der Waals surface area (Å²) in [5, 5.41) is 10.1. The molecule has 0 fully saturated rings. The fraction of sp³-hybridized carbons (Fsp3) is 0.286. The van der Waals surface area contributed by atoms with E-state index >= 15 is 0 Å². The summed E-state index contributed by atoms with van der Waals surface area (Å²) < 4.78 is 0. The summed E-state index contributed by atoms with van der Waals surface area (Å²) in [5.41, 5.74) is -0.796.